The van der Waals surface area contributed by atoms with E-state index in [4.69, 9.17) is 4.74 Å². The highest BCUT2D eigenvalue weighted by Gasteiger charge is 2.29. The van der Waals surface area contributed by atoms with E-state index in [1.807, 2.05) is 48.4 Å². The Morgan fingerprint density at radius 3 is 2.53 bits per heavy atom. The second-order valence-corrected chi connectivity index (χ2v) is 9.47. The van der Waals surface area contributed by atoms with Gasteiger partial charge < -0.3 is 14.5 Å². The number of piperazine rings is 1. The van der Waals surface area contributed by atoms with Crippen LogP contribution in [0.1, 0.15) is 37.2 Å². The van der Waals surface area contributed by atoms with Gasteiger partial charge in [-0.3, -0.25) is 9.69 Å². The number of rotatable bonds is 5. The van der Waals surface area contributed by atoms with Gasteiger partial charge in [-0.25, -0.2) is 4.98 Å². The van der Waals surface area contributed by atoms with Crippen molar-refractivity contribution in [3.63, 3.8) is 0 Å². The van der Waals surface area contributed by atoms with Crippen LogP contribution in [-0.4, -0.2) is 84.1 Å². The number of carbonyl (C=O) groups excluding carboxylic acids is 1. The van der Waals surface area contributed by atoms with Crippen molar-refractivity contribution < 1.29 is 9.53 Å². The van der Waals surface area contributed by atoms with Crippen LogP contribution in [0.15, 0.2) is 29.6 Å². The molecule has 2 aliphatic rings. The normalized spacial score (nSPS) is 21.2. The summed E-state index contributed by atoms with van der Waals surface area (Å²) in [6.45, 7) is 9.86. The van der Waals surface area contributed by atoms with E-state index >= 15 is 0 Å². The Balaban J connectivity index is 1.34. The predicted molar refractivity (Wildman–Crippen MR) is 121 cm³/mol. The largest absolute Gasteiger partial charge is 0.491 e. The summed E-state index contributed by atoms with van der Waals surface area (Å²) in [5, 5.41) is 2.76. The van der Waals surface area contributed by atoms with E-state index in [9.17, 15) is 4.79 Å². The zero-order valence-corrected chi connectivity index (χ0v) is 19.0. The van der Waals surface area contributed by atoms with Crippen molar-refractivity contribution in [2.24, 2.45) is 0 Å². The summed E-state index contributed by atoms with van der Waals surface area (Å²) in [6, 6.07) is 8.56. The SMILES string of the molecule is CC(C)Oc1ccc(-c2nc(C(=O)N3CCN(C4CCCN(C)C4)CC3)cs2)cc1. The summed E-state index contributed by atoms with van der Waals surface area (Å²) in [7, 11) is 2.21. The van der Waals surface area contributed by atoms with E-state index in [0.717, 1.165) is 49.0 Å². The standard InChI is InChI=1S/C23H32N4O2S/c1-17(2)29-20-8-6-18(7-9-20)22-24-21(16-30-22)23(28)27-13-11-26(12-14-27)19-5-4-10-25(3)15-19/h6-9,16-17,19H,4-5,10-15H2,1-3H3. The summed E-state index contributed by atoms with van der Waals surface area (Å²) in [5.41, 5.74) is 1.57. The molecule has 2 aromatic rings. The third-order valence-electron chi connectivity index (χ3n) is 5.91. The van der Waals surface area contributed by atoms with E-state index in [0.29, 0.717) is 11.7 Å². The number of amides is 1. The van der Waals surface area contributed by atoms with Gasteiger partial charge in [-0.2, -0.15) is 0 Å². The van der Waals surface area contributed by atoms with Crippen molar-refractivity contribution in [1.29, 1.82) is 0 Å². The van der Waals surface area contributed by atoms with Gasteiger partial charge in [-0.05, 0) is 64.5 Å². The molecule has 0 bridgehead atoms. The van der Waals surface area contributed by atoms with E-state index in [1.54, 1.807) is 0 Å². The molecule has 1 aromatic heterocycles. The quantitative estimate of drug-likeness (QED) is 0.730. The molecule has 0 spiro atoms. The van der Waals surface area contributed by atoms with Crippen LogP contribution in [0.3, 0.4) is 0 Å². The Hall–Kier alpha value is -1.96. The van der Waals surface area contributed by atoms with Crippen LogP contribution >= 0.6 is 11.3 Å². The lowest BCUT2D eigenvalue weighted by atomic mass is 10.0. The second kappa shape index (κ2) is 9.45. The fourth-order valence-corrected chi connectivity index (χ4v) is 5.14. The van der Waals surface area contributed by atoms with Crippen molar-refractivity contribution in [3.05, 3.63) is 35.3 Å². The van der Waals surface area contributed by atoms with Gasteiger partial charge in [-0.15, -0.1) is 11.3 Å². The molecule has 2 aliphatic heterocycles. The molecule has 0 aliphatic carbocycles. The van der Waals surface area contributed by atoms with Crippen molar-refractivity contribution in [1.82, 2.24) is 19.7 Å². The smallest absolute Gasteiger partial charge is 0.273 e. The topological polar surface area (TPSA) is 48.9 Å². The molecule has 30 heavy (non-hydrogen) atoms. The number of hydrogen-bond donors (Lipinski definition) is 0. The zero-order chi connectivity index (χ0) is 21.1. The molecule has 2 saturated heterocycles. The van der Waals surface area contributed by atoms with Gasteiger partial charge in [0.2, 0.25) is 0 Å². The van der Waals surface area contributed by atoms with Crippen LogP contribution in [0.2, 0.25) is 0 Å². The Morgan fingerprint density at radius 2 is 1.87 bits per heavy atom. The maximum absolute atomic E-state index is 13.0. The van der Waals surface area contributed by atoms with Crippen LogP contribution < -0.4 is 4.74 Å². The summed E-state index contributed by atoms with van der Waals surface area (Å²) < 4.78 is 5.70. The number of nitrogens with zero attached hydrogens (tertiary/aromatic N) is 4. The van der Waals surface area contributed by atoms with Crippen molar-refractivity contribution in [2.45, 2.75) is 38.8 Å². The predicted octanol–water partition coefficient (Wildman–Crippen LogP) is 3.45. The van der Waals surface area contributed by atoms with Crippen LogP contribution in [-0.2, 0) is 0 Å². The fourth-order valence-electron chi connectivity index (χ4n) is 4.34. The first kappa shape index (κ1) is 21.3. The molecular weight excluding hydrogens is 396 g/mol. The maximum atomic E-state index is 13.0. The number of hydrogen-bond acceptors (Lipinski definition) is 6. The number of aromatic nitrogens is 1. The van der Waals surface area contributed by atoms with Crippen molar-refractivity contribution in [2.75, 3.05) is 46.3 Å². The van der Waals surface area contributed by atoms with Gasteiger partial charge in [0.15, 0.2) is 0 Å². The average Bonchev–Trinajstić information content (AvgIpc) is 3.24. The number of likely N-dealkylation sites (tertiary alicyclic amines) is 1. The summed E-state index contributed by atoms with van der Waals surface area (Å²) in [5.74, 6) is 0.904. The Morgan fingerprint density at radius 1 is 1.13 bits per heavy atom. The number of carbonyl (C=O) groups is 1. The first-order valence-electron chi connectivity index (χ1n) is 10.9. The summed E-state index contributed by atoms with van der Waals surface area (Å²) >= 11 is 1.52. The second-order valence-electron chi connectivity index (χ2n) is 8.62. The Kier molecular flexibility index (Phi) is 6.71. The summed E-state index contributed by atoms with van der Waals surface area (Å²) in [6.07, 6.45) is 2.70. The average molecular weight is 429 g/mol. The Bertz CT molecular complexity index is 843. The first-order valence-corrected chi connectivity index (χ1v) is 11.8. The maximum Gasteiger partial charge on any atom is 0.273 e. The molecule has 1 aromatic carbocycles. The van der Waals surface area contributed by atoms with Crippen LogP contribution in [0.25, 0.3) is 10.6 Å². The van der Waals surface area contributed by atoms with Gasteiger partial charge in [0.05, 0.1) is 6.10 Å². The fraction of sp³-hybridized carbons (Fsp3) is 0.565. The number of likely N-dealkylation sites (N-methyl/N-ethyl adjacent to an activating group) is 1. The van der Waals surface area contributed by atoms with Crippen LogP contribution in [0, 0.1) is 0 Å². The van der Waals surface area contributed by atoms with Crippen LogP contribution in [0.4, 0.5) is 0 Å². The summed E-state index contributed by atoms with van der Waals surface area (Å²) in [4.78, 5) is 24.6. The molecule has 0 N–H and O–H groups in total. The van der Waals surface area contributed by atoms with E-state index in [-0.39, 0.29) is 12.0 Å². The van der Waals surface area contributed by atoms with Gasteiger partial charge in [0, 0.05) is 49.7 Å². The molecule has 1 atom stereocenters. The minimum absolute atomic E-state index is 0.0534. The molecule has 4 rings (SSSR count). The number of thiazole rings is 1. The molecule has 1 amide bonds. The molecule has 0 radical (unpaired) electrons. The highest BCUT2D eigenvalue weighted by atomic mass is 32.1. The van der Waals surface area contributed by atoms with Gasteiger partial charge >= 0.3 is 0 Å². The molecule has 162 valence electrons. The lowest BCUT2D eigenvalue weighted by molar-refractivity contribution is 0.0449. The van der Waals surface area contributed by atoms with Gasteiger partial charge in [0.25, 0.3) is 5.91 Å². The van der Waals surface area contributed by atoms with Crippen molar-refractivity contribution in [3.8, 4) is 16.3 Å². The molecule has 7 heteroatoms. The van der Waals surface area contributed by atoms with Gasteiger partial charge in [-0.1, -0.05) is 0 Å². The van der Waals surface area contributed by atoms with E-state index in [1.165, 1.54) is 30.7 Å². The first-order chi connectivity index (χ1) is 14.5. The molecule has 6 nitrogen and oxygen atoms in total. The molecular formula is C23H32N4O2S. The van der Waals surface area contributed by atoms with Crippen molar-refractivity contribution >= 4 is 17.2 Å². The number of ether oxygens (including phenoxy) is 1. The lowest BCUT2D eigenvalue weighted by Crippen LogP contribution is -2.55. The molecule has 1 unspecified atom stereocenters. The molecule has 3 heterocycles. The molecule has 2 fully saturated rings. The Labute approximate surface area is 183 Å². The van der Waals surface area contributed by atoms with E-state index < -0.39 is 0 Å². The third-order valence-corrected chi connectivity index (χ3v) is 6.81. The molecule has 0 saturated carbocycles. The minimum atomic E-state index is 0.0534. The van der Waals surface area contributed by atoms with E-state index in [2.05, 4.69) is 21.8 Å². The van der Waals surface area contributed by atoms with Gasteiger partial charge in [0.1, 0.15) is 16.5 Å². The monoisotopic (exact) mass is 428 g/mol. The number of benzene rings is 1. The lowest BCUT2D eigenvalue weighted by Gasteiger charge is -2.42. The number of piperidine rings is 1. The highest BCUT2D eigenvalue weighted by molar-refractivity contribution is 7.13. The minimum Gasteiger partial charge on any atom is -0.491 e. The highest BCUT2D eigenvalue weighted by Crippen LogP contribution is 2.27. The third kappa shape index (κ3) is 5.02. The zero-order valence-electron chi connectivity index (χ0n) is 18.2. The van der Waals surface area contributed by atoms with Crippen LogP contribution in [0.5, 0.6) is 5.75 Å².